The number of anilines is 1. The van der Waals surface area contributed by atoms with Gasteiger partial charge in [0, 0.05) is 17.5 Å². The predicted octanol–water partition coefficient (Wildman–Crippen LogP) is 3.52. The maximum Gasteiger partial charge on any atom is 0.243 e. The Morgan fingerprint density at radius 3 is 2.85 bits per heavy atom. The van der Waals surface area contributed by atoms with Crippen LogP contribution in [0.15, 0.2) is 18.3 Å². The SMILES string of the molecule is CSC1(CNc2nc3c(C)cccn3n2)CCCCC1. The number of thioether (sulfide) groups is 1. The standard InChI is InChI=1S/C15H22N4S/c1-12-7-6-10-19-13(12)17-14(18-19)16-11-15(20-2)8-4-3-5-9-15/h6-7,10H,3-5,8-9,11H2,1-2H3,(H,16,18). The van der Waals surface area contributed by atoms with Crippen molar-refractivity contribution in [3.05, 3.63) is 23.9 Å². The Kier molecular flexibility index (Phi) is 3.87. The average molecular weight is 290 g/mol. The summed E-state index contributed by atoms with van der Waals surface area (Å²) in [5.41, 5.74) is 2.10. The number of hydrogen-bond donors (Lipinski definition) is 1. The fraction of sp³-hybridized carbons (Fsp3) is 0.600. The minimum atomic E-state index is 0.366. The molecule has 0 unspecified atom stereocenters. The fourth-order valence-electron chi connectivity index (χ4n) is 3.00. The van der Waals surface area contributed by atoms with E-state index in [1.807, 2.05) is 28.5 Å². The molecule has 0 radical (unpaired) electrons. The number of pyridine rings is 1. The van der Waals surface area contributed by atoms with E-state index in [2.05, 4.69) is 34.6 Å². The van der Waals surface area contributed by atoms with Gasteiger partial charge in [0.15, 0.2) is 5.65 Å². The fourth-order valence-corrected chi connectivity index (χ4v) is 3.92. The summed E-state index contributed by atoms with van der Waals surface area (Å²) in [6, 6.07) is 4.07. The molecule has 1 saturated carbocycles. The van der Waals surface area contributed by atoms with Crippen LogP contribution in [0.2, 0.25) is 0 Å². The molecule has 0 spiro atoms. The van der Waals surface area contributed by atoms with Gasteiger partial charge in [-0.05, 0) is 37.7 Å². The summed E-state index contributed by atoms with van der Waals surface area (Å²) >= 11 is 2.00. The lowest BCUT2D eigenvalue weighted by Gasteiger charge is -2.35. The van der Waals surface area contributed by atoms with Crippen molar-refractivity contribution >= 4 is 23.4 Å². The molecule has 0 atom stereocenters. The van der Waals surface area contributed by atoms with E-state index in [0.717, 1.165) is 23.7 Å². The molecule has 20 heavy (non-hydrogen) atoms. The second-order valence-electron chi connectivity index (χ2n) is 5.70. The van der Waals surface area contributed by atoms with Gasteiger partial charge in [-0.15, -0.1) is 5.10 Å². The molecule has 108 valence electrons. The lowest BCUT2D eigenvalue weighted by Crippen LogP contribution is -2.35. The van der Waals surface area contributed by atoms with E-state index >= 15 is 0 Å². The van der Waals surface area contributed by atoms with E-state index in [0.29, 0.717) is 4.75 Å². The second-order valence-corrected chi connectivity index (χ2v) is 6.97. The van der Waals surface area contributed by atoms with E-state index in [1.165, 1.54) is 32.1 Å². The van der Waals surface area contributed by atoms with E-state index in [1.54, 1.807) is 0 Å². The number of nitrogens with one attached hydrogen (secondary N) is 1. The molecular weight excluding hydrogens is 268 g/mol. The van der Waals surface area contributed by atoms with Gasteiger partial charge in [0.2, 0.25) is 5.95 Å². The van der Waals surface area contributed by atoms with Gasteiger partial charge in [0.1, 0.15) is 0 Å². The molecule has 0 aliphatic heterocycles. The largest absolute Gasteiger partial charge is 0.352 e. The Bertz CT molecular complexity index is 587. The lowest BCUT2D eigenvalue weighted by atomic mass is 9.88. The van der Waals surface area contributed by atoms with E-state index in [-0.39, 0.29) is 0 Å². The van der Waals surface area contributed by atoms with Gasteiger partial charge < -0.3 is 5.32 Å². The third-order valence-electron chi connectivity index (χ3n) is 4.32. The highest BCUT2D eigenvalue weighted by Crippen LogP contribution is 2.38. The van der Waals surface area contributed by atoms with Crippen LogP contribution in [0.25, 0.3) is 5.65 Å². The highest BCUT2D eigenvalue weighted by atomic mass is 32.2. The van der Waals surface area contributed by atoms with Crippen LogP contribution in [0.1, 0.15) is 37.7 Å². The van der Waals surface area contributed by atoms with Crippen molar-refractivity contribution in [3.8, 4) is 0 Å². The minimum Gasteiger partial charge on any atom is -0.352 e. The maximum atomic E-state index is 4.59. The van der Waals surface area contributed by atoms with Gasteiger partial charge in [-0.2, -0.15) is 16.7 Å². The normalized spacial score (nSPS) is 18.3. The summed E-state index contributed by atoms with van der Waals surface area (Å²) in [6.07, 6.45) is 10.9. The first-order chi connectivity index (χ1) is 9.72. The summed E-state index contributed by atoms with van der Waals surface area (Å²) in [5, 5.41) is 7.97. The molecular formula is C15H22N4S. The first kappa shape index (κ1) is 13.7. The zero-order valence-corrected chi connectivity index (χ0v) is 13.0. The van der Waals surface area contributed by atoms with E-state index < -0.39 is 0 Å². The van der Waals surface area contributed by atoms with Crippen molar-refractivity contribution in [1.29, 1.82) is 0 Å². The van der Waals surface area contributed by atoms with Crippen LogP contribution in [-0.2, 0) is 0 Å². The zero-order valence-electron chi connectivity index (χ0n) is 12.2. The van der Waals surface area contributed by atoms with Crippen LogP contribution in [0.3, 0.4) is 0 Å². The molecule has 0 aromatic carbocycles. The highest BCUT2D eigenvalue weighted by Gasteiger charge is 2.31. The van der Waals surface area contributed by atoms with Crippen molar-refractivity contribution in [2.24, 2.45) is 0 Å². The van der Waals surface area contributed by atoms with E-state index in [4.69, 9.17) is 0 Å². The summed E-state index contributed by atoms with van der Waals surface area (Å²) in [5.74, 6) is 0.748. The molecule has 2 aromatic rings. The van der Waals surface area contributed by atoms with Crippen LogP contribution in [0, 0.1) is 6.92 Å². The van der Waals surface area contributed by atoms with Crippen LogP contribution in [0.4, 0.5) is 5.95 Å². The molecule has 3 rings (SSSR count). The Labute approximate surface area is 124 Å². The van der Waals surface area contributed by atoms with Crippen molar-refractivity contribution in [2.45, 2.75) is 43.8 Å². The Morgan fingerprint density at radius 1 is 1.35 bits per heavy atom. The lowest BCUT2D eigenvalue weighted by molar-refractivity contribution is 0.411. The molecule has 2 heterocycles. The first-order valence-corrected chi connectivity index (χ1v) is 8.56. The van der Waals surface area contributed by atoms with Crippen LogP contribution in [0.5, 0.6) is 0 Å². The van der Waals surface area contributed by atoms with Crippen LogP contribution < -0.4 is 5.32 Å². The topological polar surface area (TPSA) is 42.2 Å². The van der Waals surface area contributed by atoms with Crippen molar-refractivity contribution < 1.29 is 0 Å². The summed E-state index contributed by atoms with van der Waals surface area (Å²) in [4.78, 5) is 4.59. The average Bonchev–Trinajstić information content (AvgIpc) is 2.91. The molecule has 4 nitrogen and oxygen atoms in total. The summed E-state index contributed by atoms with van der Waals surface area (Å²) in [6.45, 7) is 3.03. The number of fused-ring (bicyclic) bond motifs is 1. The predicted molar refractivity (Wildman–Crippen MR) is 85.5 cm³/mol. The highest BCUT2D eigenvalue weighted by molar-refractivity contribution is 8.00. The van der Waals surface area contributed by atoms with Gasteiger partial charge >= 0.3 is 0 Å². The number of aromatic nitrogens is 3. The molecule has 1 N–H and O–H groups in total. The van der Waals surface area contributed by atoms with Gasteiger partial charge in [-0.3, -0.25) is 0 Å². The third-order valence-corrected chi connectivity index (χ3v) is 5.74. The number of rotatable bonds is 4. The zero-order chi connectivity index (χ0) is 14.0. The Hall–Kier alpha value is -1.23. The second kappa shape index (κ2) is 5.64. The molecule has 0 amide bonds. The Morgan fingerprint density at radius 2 is 2.15 bits per heavy atom. The monoisotopic (exact) mass is 290 g/mol. The Balaban J connectivity index is 1.74. The van der Waals surface area contributed by atoms with E-state index in [9.17, 15) is 0 Å². The van der Waals surface area contributed by atoms with Crippen molar-refractivity contribution in [1.82, 2.24) is 14.6 Å². The van der Waals surface area contributed by atoms with Crippen molar-refractivity contribution in [2.75, 3.05) is 18.1 Å². The van der Waals surface area contributed by atoms with Crippen LogP contribution in [-0.4, -0.2) is 32.1 Å². The third kappa shape index (κ3) is 2.64. The van der Waals surface area contributed by atoms with Gasteiger partial charge in [0.25, 0.3) is 0 Å². The number of hydrogen-bond acceptors (Lipinski definition) is 4. The summed E-state index contributed by atoms with van der Waals surface area (Å²) in [7, 11) is 0. The molecule has 0 bridgehead atoms. The maximum absolute atomic E-state index is 4.59. The van der Waals surface area contributed by atoms with Crippen LogP contribution >= 0.6 is 11.8 Å². The smallest absolute Gasteiger partial charge is 0.243 e. The molecule has 1 aliphatic carbocycles. The first-order valence-electron chi connectivity index (χ1n) is 7.33. The number of nitrogens with zero attached hydrogens (tertiary/aromatic N) is 3. The van der Waals surface area contributed by atoms with Gasteiger partial charge in [0.05, 0.1) is 0 Å². The quantitative estimate of drug-likeness (QED) is 0.935. The minimum absolute atomic E-state index is 0.366. The van der Waals surface area contributed by atoms with Gasteiger partial charge in [-0.1, -0.05) is 25.3 Å². The molecule has 1 aliphatic rings. The van der Waals surface area contributed by atoms with Crippen molar-refractivity contribution in [3.63, 3.8) is 0 Å². The summed E-state index contributed by atoms with van der Waals surface area (Å²) < 4.78 is 2.22. The molecule has 0 saturated heterocycles. The molecule has 2 aromatic heterocycles. The molecule has 1 fully saturated rings. The molecule has 5 heteroatoms. The number of aryl methyl sites for hydroxylation is 1. The van der Waals surface area contributed by atoms with Gasteiger partial charge in [-0.25, -0.2) is 4.52 Å².